The molecule has 0 aliphatic heterocycles. The molecule has 0 saturated carbocycles. The number of hydrogen-bond acceptors (Lipinski definition) is 4. The van der Waals surface area contributed by atoms with E-state index in [0.29, 0.717) is 10.7 Å². The van der Waals surface area contributed by atoms with E-state index >= 15 is 0 Å². The van der Waals surface area contributed by atoms with Gasteiger partial charge in [-0.2, -0.15) is 14.9 Å². The van der Waals surface area contributed by atoms with Crippen LogP contribution in [0.25, 0.3) is 0 Å². The predicted molar refractivity (Wildman–Crippen MR) is 89.7 cm³/mol. The van der Waals surface area contributed by atoms with E-state index in [-0.39, 0.29) is 11.4 Å². The number of rotatable bonds is 5. The van der Waals surface area contributed by atoms with Gasteiger partial charge in [0.05, 0.1) is 17.5 Å². The summed E-state index contributed by atoms with van der Waals surface area (Å²) in [4.78, 5) is 11.9. The molecule has 0 spiro atoms. The molecule has 0 saturated heterocycles. The van der Waals surface area contributed by atoms with Gasteiger partial charge in [-0.15, -0.1) is 0 Å². The maximum Gasteiger partial charge on any atom is 0.273 e. The monoisotopic (exact) mass is 321 g/mol. The third-order valence-electron chi connectivity index (χ3n) is 3.32. The van der Waals surface area contributed by atoms with Gasteiger partial charge in [0.15, 0.2) is 0 Å². The standard InChI is InChI=1S/C15H20ClN5O/c1-4-5-6-20-15(16)12(11(3)19-20)9-18-21-13(17)7-10(2)8-14(21)22/h7-9H,4-6,17H2,1-3H3. The van der Waals surface area contributed by atoms with Crippen molar-refractivity contribution in [3.63, 3.8) is 0 Å². The molecule has 2 N–H and O–H groups in total. The van der Waals surface area contributed by atoms with Crippen molar-refractivity contribution in [1.82, 2.24) is 14.5 Å². The molecule has 2 aromatic rings. The lowest BCUT2D eigenvalue weighted by atomic mass is 10.3. The summed E-state index contributed by atoms with van der Waals surface area (Å²) in [5.41, 5.74) is 7.82. The molecule has 6 nitrogen and oxygen atoms in total. The second-order valence-corrected chi connectivity index (χ2v) is 5.58. The molecular formula is C15H20ClN5O. The van der Waals surface area contributed by atoms with Crippen LogP contribution in [0.5, 0.6) is 0 Å². The van der Waals surface area contributed by atoms with Gasteiger partial charge in [-0.3, -0.25) is 9.48 Å². The Morgan fingerprint density at radius 3 is 2.77 bits per heavy atom. The fourth-order valence-corrected chi connectivity index (χ4v) is 2.44. The summed E-state index contributed by atoms with van der Waals surface area (Å²) in [6, 6.07) is 3.17. The maximum atomic E-state index is 11.9. The Labute approximate surface area is 134 Å². The van der Waals surface area contributed by atoms with Crippen LogP contribution in [0.3, 0.4) is 0 Å². The molecule has 0 bridgehead atoms. The van der Waals surface area contributed by atoms with Crippen molar-refractivity contribution >= 4 is 23.6 Å². The van der Waals surface area contributed by atoms with Gasteiger partial charge in [-0.25, -0.2) is 0 Å². The quantitative estimate of drug-likeness (QED) is 0.860. The lowest BCUT2D eigenvalue weighted by molar-refractivity contribution is 0.569. The lowest BCUT2D eigenvalue weighted by Gasteiger charge is -2.03. The summed E-state index contributed by atoms with van der Waals surface area (Å²) in [6.45, 7) is 6.54. The highest BCUT2D eigenvalue weighted by Crippen LogP contribution is 2.18. The molecule has 0 amide bonds. The fourth-order valence-electron chi connectivity index (χ4n) is 2.13. The Bertz CT molecular complexity index is 760. The number of aryl methyl sites for hydroxylation is 3. The van der Waals surface area contributed by atoms with Crippen LogP contribution in [0.15, 0.2) is 22.0 Å². The number of aromatic nitrogens is 3. The minimum Gasteiger partial charge on any atom is -0.384 e. The van der Waals surface area contributed by atoms with Crippen molar-refractivity contribution in [2.45, 2.75) is 40.2 Å². The largest absolute Gasteiger partial charge is 0.384 e. The van der Waals surface area contributed by atoms with Crippen molar-refractivity contribution in [3.05, 3.63) is 44.5 Å². The zero-order chi connectivity index (χ0) is 16.3. The Balaban J connectivity index is 2.35. The molecule has 118 valence electrons. The normalized spacial score (nSPS) is 11.5. The maximum absolute atomic E-state index is 11.9. The molecular weight excluding hydrogens is 302 g/mol. The highest BCUT2D eigenvalue weighted by molar-refractivity contribution is 6.32. The molecule has 2 heterocycles. The van der Waals surface area contributed by atoms with E-state index in [1.54, 1.807) is 10.7 Å². The first kappa shape index (κ1) is 16.3. The molecule has 7 heteroatoms. The Morgan fingerprint density at radius 2 is 2.14 bits per heavy atom. The molecule has 0 atom stereocenters. The molecule has 0 fully saturated rings. The third kappa shape index (κ3) is 3.39. The number of halogens is 1. The van der Waals surface area contributed by atoms with E-state index in [1.807, 2.05) is 13.8 Å². The van der Waals surface area contributed by atoms with Crippen molar-refractivity contribution in [3.8, 4) is 0 Å². The van der Waals surface area contributed by atoms with Crippen LogP contribution in [0, 0.1) is 13.8 Å². The second-order valence-electron chi connectivity index (χ2n) is 5.22. The number of hydrogen-bond donors (Lipinski definition) is 1. The van der Waals surface area contributed by atoms with Gasteiger partial charge in [0.25, 0.3) is 5.56 Å². The average molecular weight is 322 g/mol. The van der Waals surface area contributed by atoms with Gasteiger partial charge < -0.3 is 5.73 Å². The van der Waals surface area contributed by atoms with Crippen LogP contribution in [0.4, 0.5) is 5.82 Å². The van der Waals surface area contributed by atoms with E-state index in [2.05, 4.69) is 17.1 Å². The van der Waals surface area contributed by atoms with Crippen LogP contribution < -0.4 is 11.3 Å². The van der Waals surface area contributed by atoms with Crippen molar-refractivity contribution in [2.24, 2.45) is 5.10 Å². The van der Waals surface area contributed by atoms with Crippen LogP contribution in [-0.2, 0) is 6.54 Å². The molecule has 0 aromatic carbocycles. The molecule has 0 radical (unpaired) electrons. The third-order valence-corrected chi connectivity index (χ3v) is 3.71. The summed E-state index contributed by atoms with van der Waals surface area (Å²) in [5, 5.41) is 9.06. The van der Waals surface area contributed by atoms with Gasteiger partial charge in [0.2, 0.25) is 0 Å². The molecule has 0 aliphatic carbocycles. The van der Waals surface area contributed by atoms with E-state index in [0.717, 1.165) is 35.3 Å². The first-order valence-corrected chi connectivity index (χ1v) is 7.58. The Kier molecular flexibility index (Phi) is 5.03. The van der Waals surface area contributed by atoms with Gasteiger partial charge >= 0.3 is 0 Å². The second kappa shape index (κ2) is 6.79. The zero-order valence-electron chi connectivity index (χ0n) is 13.0. The number of unbranched alkanes of at least 4 members (excludes halogenated alkanes) is 1. The molecule has 0 unspecified atom stereocenters. The van der Waals surface area contributed by atoms with Crippen LogP contribution in [0.2, 0.25) is 5.15 Å². The zero-order valence-corrected chi connectivity index (χ0v) is 13.8. The molecule has 22 heavy (non-hydrogen) atoms. The van der Waals surface area contributed by atoms with Gasteiger partial charge in [0, 0.05) is 12.6 Å². The Hall–Kier alpha value is -2.08. The number of anilines is 1. The van der Waals surface area contributed by atoms with Crippen LogP contribution in [0.1, 0.15) is 36.6 Å². The van der Waals surface area contributed by atoms with Crippen LogP contribution >= 0.6 is 11.6 Å². The summed E-state index contributed by atoms with van der Waals surface area (Å²) >= 11 is 6.33. The van der Waals surface area contributed by atoms with E-state index in [9.17, 15) is 4.79 Å². The van der Waals surface area contributed by atoms with Gasteiger partial charge in [-0.1, -0.05) is 24.9 Å². The van der Waals surface area contributed by atoms with Gasteiger partial charge in [-0.05, 0) is 31.9 Å². The first-order valence-electron chi connectivity index (χ1n) is 7.20. The number of pyridine rings is 1. The lowest BCUT2D eigenvalue weighted by Crippen LogP contribution is -2.19. The highest BCUT2D eigenvalue weighted by atomic mass is 35.5. The van der Waals surface area contributed by atoms with E-state index in [1.165, 1.54) is 12.3 Å². The smallest absolute Gasteiger partial charge is 0.273 e. The van der Waals surface area contributed by atoms with E-state index < -0.39 is 0 Å². The van der Waals surface area contributed by atoms with Crippen LogP contribution in [-0.4, -0.2) is 20.7 Å². The topological polar surface area (TPSA) is 78.2 Å². The number of nitrogens with two attached hydrogens (primary N) is 1. The summed E-state index contributed by atoms with van der Waals surface area (Å²) in [6.07, 6.45) is 3.59. The molecule has 0 aliphatic rings. The van der Waals surface area contributed by atoms with E-state index in [4.69, 9.17) is 17.3 Å². The number of nitrogen functional groups attached to an aromatic ring is 1. The summed E-state index contributed by atoms with van der Waals surface area (Å²) in [7, 11) is 0. The molecule has 2 aromatic heterocycles. The van der Waals surface area contributed by atoms with Crippen molar-refractivity contribution < 1.29 is 0 Å². The SMILES string of the molecule is CCCCn1nc(C)c(C=Nn2c(N)cc(C)cc2=O)c1Cl. The predicted octanol–water partition coefficient (Wildman–Crippen LogP) is 2.58. The average Bonchev–Trinajstić information content (AvgIpc) is 2.71. The van der Waals surface area contributed by atoms with Crippen molar-refractivity contribution in [2.75, 3.05) is 5.73 Å². The summed E-state index contributed by atoms with van der Waals surface area (Å²) < 4.78 is 2.90. The first-order chi connectivity index (χ1) is 10.4. The minimum absolute atomic E-state index is 0.277. The van der Waals surface area contributed by atoms with Gasteiger partial charge in [0.1, 0.15) is 11.0 Å². The summed E-state index contributed by atoms with van der Waals surface area (Å²) in [5.74, 6) is 0.286. The molecule has 2 rings (SSSR count). The minimum atomic E-state index is -0.277. The fraction of sp³-hybridized carbons (Fsp3) is 0.400. The Morgan fingerprint density at radius 1 is 1.41 bits per heavy atom. The van der Waals surface area contributed by atoms with Crippen molar-refractivity contribution in [1.29, 1.82) is 0 Å². The number of nitrogens with zero attached hydrogens (tertiary/aromatic N) is 4. The highest BCUT2D eigenvalue weighted by Gasteiger charge is 2.11.